The summed E-state index contributed by atoms with van der Waals surface area (Å²) in [7, 11) is 0. The summed E-state index contributed by atoms with van der Waals surface area (Å²) in [4.78, 5) is 31.9. The summed E-state index contributed by atoms with van der Waals surface area (Å²) in [6.07, 6.45) is 8.71. The van der Waals surface area contributed by atoms with Crippen molar-refractivity contribution in [1.29, 1.82) is 0 Å². The Morgan fingerprint density at radius 3 is 2.77 bits per heavy atom. The second-order valence-electron chi connectivity index (χ2n) is 9.65. The van der Waals surface area contributed by atoms with Crippen LogP contribution in [-0.2, 0) is 0 Å². The van der Waals surface area contributed by atoms with Crippen LogP contribution in [0.5, 0.6) is 0 Å². The van der Waals surface area contributed by atoms with Crippen molar-refractivity contribution < 1.29 is 4.79 Å². The van der Waals surface area contributed by atoms with Crippen molar-refractivity contribution in [2.24, 2.45) is 5.92 Å². The number of nitrogens with zero attached hydrogens (tertiary/aromatic N) is 5. The summed E-state index contributed by atoms with van der Waals surface area (Å²) in [6, 6.07) is 10.6. The number of anilines is 1. The summed E-state index contributed by atoms with van der Waals surface area (Å²) < 4.78 is 1.41. The quantitative estimate of drug-likeness (QED) is 0.516. The van der Waals surface area contributed by atoms with E-state index in [4.69, 9.17) is 0 Å². The third-order valence-electron chi connectivity index (χ3n) is 7.21. The highest BCUT2D eigenvalue weighted by molar-refractivity contribution is 5.92. The van der Waals surface area contributed by atoms with Gasteiger partial charge in [-0.15, -0.1) is 5.10 Å². The number of fused-ring (bicyclic) bond motifs is 1. The number of rotatable bonds is 8. The van der Waals surface area contributed by atoms with Crippen molar-refractivity contribution in [3.63, 3.8) is 0 Å². The van der Waals surface area contributed by atoms with E-state index in [9.17, 15) is 9.59 Å². The van der Waals surface area contributed by atoms with Gasteiger partial charge in [-0.05, 0) is 68.8 Å². The van der Waals surface area contributed by atoms with Gasteiger partial charge in [-0.25, -0.2) is 4.98 Å². The topological polar surface area (TPSA) is 105 Å². The maximum atomic E-state index is 12.9. The van der Waals surface area contributed by atoms with Gasteiger partial charge in [-0.2, -0.15) is 5.10 Å². The zero-order chi connectivity index (χ0) is 24.2. The molecule has 1 saturated heterocycles. The first-order valence-electron chi connectivity index (χ1n) is 12.7. The molecule has 1 amide bonds. The Morgan fingerprint density at radius 1 is 1.14 bits per heavy atom. The van der Waals surface area contributed by atoms with Gasteiger partial charge >= 0.3 is 0 Å². The van der Waals surface area contributed by atoms with E-state index in [2.05, 4.69) is 30.7 Å². The number of piperidine rings is 1. The maximum Gasteiger partial charge on any atom is 0.270 e. The molecule has 0 radical (unpaired) electrons. The average Bonchev–Trinajstić information content (AvgIpc) is 2.86. The zero-order valence-electron chi connectivity index (χ0n) is 20.2. The van der Waals surface area contributed by atoms with Gasteiger partial charge in [0.25, 0.3) is 11.5 Å². The van der Waals surface area contributed by atoms with Crippen LogP contribution in [0, 0.1) is 5.92 Å². The Labute approximate surface area is 205 Å². The van der Waals surface area contributed by atoms with E-state index in [0.717, 1.165) is 37.8 Å². The second-order valence-corrected chi connectivity index (χ2v) is 9.65. The fourth-order valence-corrected chi connectivity index (χ4v) is 4.86. The standard InChI is InChI=1S/C26H33N7O2/c1-2-20(29-26(35)22-15-25(34)33-14-4-3-10-23(33)28-22)21-11-12-24(31-30-21)32-13-6-9-19(17-32)27-16-18-7-5-8-18/h3-4,10-12,14-15,18-20,27H,2,5-9,13,16-17H2,1H3,(H,29,35)/t19-,20?/m1/s1. The molecule has 2 aliphatic rings. The summed E-state index contributed by atoms with van der Waals surface area (Å²) in [5, 5.41) is 15.6. The maximum absolute atomic E-state index is 12.9. The molecule has 184 valence electrons. The third kappa shape index (κ3) is 5.35. The molecule has 9 nitrogen and oxygen atoms in total. The molecule has 1 saturated carbocycles. The van der Waals surface area contributed by atoms with Gasteiger partial charge in [0.2, 0.25) is 0 Å². The Hall–Kier alpha value is -3.33. The zero-order valence-corrected chi connectivity index (χ0v) is 20.2. The largest absolute Gasteiger partial charge is 0.354 e. The highest BCUT2D eigenvalue weighted by atomic mass is 16.2. The van der Waals surface area contributed by atoms with Crippen LogP contribution in [0.15, 0.2) is 47.4 Å². The molecule has 2 N–H and O–H groups in total. The lowest BCUT2D eigenvalue weighted by molar-refractivity contribution is 0.0929. The third-order valence-corrected chi connectivity index (χ3v) is 7.21. The highest BCUT2D eigenvalue weighted by Crippen LogP contribution is 2.26. The Balaban J connectivity index is 1.23. The van der Waals surface area contributed by atoms with Crippen molar-refractivity contribution in [3.8, 4) is 0 Å². The minimum Gasteiger partial charge on any atom is -0.354 e. The van der Waals surface area contributed by atoms with E-state index in [1.165, 1.54) is 36.2 Å². The molecule has 3 aromatic rings. The van der Waals surface area contributed by atoms with Crippen LogP contribution in [0.3, 0.4) is 0 Å². The van der Waals surface area contributed by atoms with Crippen LogP contribution in [0.25, 0.3) is 5.65 Å². The average molecular weight is 476 g/mol. The first-order valence-corrected chi connectivity index (χ1v) is 12.7. The number of amides is 1. The minimum atomic E-state index is -0.400. The first kappa shape index (κ1) is 23.4. The van der Waals surface area contributed by atoms with Gasteiger partial charge in [-0.3, -0.25) is 14.0 Å². The predicted octanol–water partition coefficient (Wildman–Crippen LogP) is 2.72. The molecule has 35 heavy (non-hydrogen) atoms. The lowest BCUT2D eigenvalue weighted by atomic mass is 9.85. The van der Waals surface area contributed by atoms with Crippen LogP contribution >= 0.6 is 0 Å². The summed E-state index contributed by atoms with van der Waals surface area (Å²) in [5.74, 6) is 1.33. The predicted molar refractivity (Wildman–Crippen MR) is 135 cm³/mol. The fraction of sp³-hybridized carbons (Fsp3) is 0.500. The molecule has 2 atom stereocenters. The summed E-state index contributed by atoms with van der Waals surface area (Å²) in [5.41, 5.74) is 0.932. The number of nitrogens with one attached hydrogen (secondary N) is 2. The van der Waals surface area contributed by atoms with Crippen LogP contribution in [-0.4, -0.2) is 51.2 Å². The molecular formula is C26H33N7O2. The second kappa shape index (κ2) is 10.5. The molecular weight excluding hydrogens is 442 g/mol. The van der Waals surface area contributed by atoms with Crippen LogP contribution in [0.4, 0.5) is 5.82 Å². The SMILES string of the molecule is CCC(NC(=O)c1cc(=O)n2ccccc2n1)c1ccc(N2CCC[C@@H](NCC3CCC3)C2)nn1. The van der Waals surface area contributed by atoms with E-state index >= 15 is 0 Å². The molecule has 5 rings (SSSR count). The number of hydrogen-bond donors (Lipinski definition) is 2. The normalized spacial score (nSPS) is 19.3. The van der Waals surface area contributed by atoms with Gasteiger partial charge in [0.1, 0.15) is 11.3 Å². The Bertz CT molecular complexity index is 1220. The number of carbonyl (C=O) groups is 1. The van der Waals surface area contributed by atoms with Crippen molar-refractivity contribution in [2.75, 3.05) is 24.5 Å². The van der Waals surface area contributed by atoms with Crippen LogP contribution in [0.2, 0.25) is 0 Å². The van der Waals surface area contributed by atoms with Crippen molar-refractivity contribution in [1.82, 2.24) is 30.2 Å². The van der Waals surface area contributed by atoms with Gasteiger partial charge in [0, 0.05) is 31.4 Å². The highest BCUT2D eigenvalue weighted by Gasteiger charge is 2.24. The lowest BCUT2D eigenvalue weighted by Crippen LogP contribution is -2.47. The molecule has 1 unspecified atom stereocenters. The van der Waals surface area contributed by atoms with E-state index < -0.39 is 5.91 Å². The molecule has 2 fully saturated rings. The van der Waals surface area contributed by atoms with Gasteiger partial charge < -0.3 is 15.5 Å². The monoisotopic (exact) mass is 475 g/mol. The molecule has 1 aliphatic carbocycles. The molecule has 0 bridgehead atoms. The van der Waals surface area contributed by atoms with Gasteiger partial charge in [0.15, 0.2) is 5.82 Å². The van der Waals surface area contributed by atoms with Crippen molar-refractivity contribution >= 4 is 17.4 Å². The number of pyridine rings is 1. The van der Waals surface area contributed by atoms with Crippen molar-refractivity contribution in [2.45, 2.75) is 57.5 Å². The summed E-state index contributed by atoms with van der Waals surface area (Å²) in [6.45, 7) is 5.02. The smallest absolute Gasteiger partial charge is 0.270 e. The molecule has 0 spiro atoms. The van der Waals surface area contributed by atoms with E-state index in [-0.39, 0.29) is 17.3 Å². The molecule has 4 heterocycles. The number of carbonyl (C=O) groups excluding carboxylic acids is 1. The fourth-order valence-electron chi connectivity index (χ4n) is 4.86. The van der Waals surface area contributed by atoms with Gasteiger partial charge in [0.05, 0.1) is 11.7 Å². The Kier molecular flexibility index (Phi) is 7.03. The van der Waals surface area contributed by atoms with E-state index in [1.807, 2.05) is 19.1 Å². The summed E-state index contributed by atoms with van der Waals surface area (Å²) >= 11 is 0. The van der Waals surface area contributed by atoms with Crippen LogP contribution < -0.4 is 21.1 Å². The molecule has 1 aliphatic heterocycles. The van der Waals surface area contributed by atoms with Crippen LogP contribution in [0.1, 0.15) is 67.7 Å². The van der Waals surface area contributed by atoms with E-state index in [0.29, 0.717) is 23.8 Å². The molecule has 0 aromatic carbocycles. The minimum absolute atomic E-state index is 0.0954. The molecule has 9 heteroatoms. The number of aromatic nitrogens is 4. The van der Waals surface area contributed by atoms with Crippen molar-refractivity contribution in [3.05, 3.63) is 64.3 Å². The number of hydrogen-bond acceptors (Lipinski definition) is 7. The van der Waals surface area contributed by atoms with Gasteiger partial charge in [-0.1, -0.05) is 19.4 Å². The Morgan fingerprint density at radius 2 is 2.03 bits per heavy atom. The lowest BCUT2D eigenvalue weighted by Gasteiger charge is -2.35. The first-order chi connectivity index (χ1) is 17.1. The van der Waals surface area contributed by atoms with E-state index in [1.54, 1.807) is 24.4 Å². The molecule has 3 aromatic heterocycles.